The fraction of sp³-hybridized carbons (Fsp3) is 0.500. The van der Waals surface area contributed by atoms with E-state index >= 15 is 0 Å². The maximum atomic E-state index is 5.61. The molecule has 4 heteroatoms. The van der Waals surface area contributed by atoms with Crippen LogP contribution in [0.3, 0.4) is 0 Å². The lowest BCUT2D eigenvalue weighted by molar-refractivity contribution is 0.384. The van der Waals surface area contributed by atoms with E-state index < -0.39 is 0 Å². The van der Waals surface area contributed by atoms with Gasteiger partial charge in [-0.1, -0.05) is 6.07 Å². The Labute approximate surface area is 102 Å². The second-order valence-corrected chi connectivity index (χ2v) is 3.83. The average molecular weight is 244 g/mol. The molecule has 0 aliphatic heterocycles. The summed E-state index contributed by atoms with van der Waals surface area (Å²) in [5, 5.41) is 3.24. The minimum atomic E-state index is 0.609. The Morgan fingerprint density at radius 1 is 1.25 bits per heavy atom. The lowest BCUT2D eigenvalue weighted by atomic mass is 10.1. The monoisotopic (exact) mass is 243 g/mol. The Hall–Kier alpha value is -0.930. The van der Waals surface area contributed by atoms with Gasteiger partial charge in [-0.2, -0.15) is 0 Å². The molecular formula is C12H18ClNO2. The van der Waals surface area contributed by atoms with Crippen molar-refractivity contribution in [2.24, 2.45) is 0 Å². The molecule has 0 atom stereocenters. The van der Waals surface area contributed by atoms with Crippen molar-refractivity contribution in [1.82, 2.24) is 5.32 Å². The van der Waals surface area contributed by atoms with Gasteiger partial charge in [-0.15, -0.1) is 11.6 Å². The van der Waals surface area contributed by atoms with Crippen LogP contribution in [0.4, 0.5) is 0 Å². The summed E-state index contributed by atoms with van der Waals surface area (Å²) in [5.74, 6) is 2.33. The summed E-state index contributed by atoms with van der Waals surface area (Å²) in [6, 6.07) is 3.96. The Kier molecular flexibility index (Phi) is 5.43. The predicted octanol–water partition coefficient (Wildman–Crippen LogP) is 2.34. The molecular weight excluding hydrogens is 226 g/mol. The largest absolute Gasteiger partial charge is 0.496 e. The van der Waals surface area contributed by atoms with Crippen LogP contribution in [0, 0.1) is 6.92 Å². The second kappa shape index (κ2) is 6.61. The molecule has 0 spiro atoms. The molecule has 1 rings (SSSR count). The normalized spacial score (nSPS) is 10.2. The van der Waals surface area contributed by atoms with Crippen molar-refractivity contribution < 1.29 is 9.47 Å². The first-order valence-corrected chi connectivity index (χ1v) is 5.75. The van der Waals surface area contributed by atoms with E-state index in [1.165, 1.54) is 0 Å². The van der Waals surface area contributed by atoms with Gasteiger partial charge in [0.05, 0.1) is 14.2 Å². The van der Waals surface area contributed by atoms with E-state index in [0.29, 0.717) is 5.88 Å². The van der Waals surface area contributed by atoms with Gasteiger partial charge >= 0.3 is 0 Å². The van der Waals surface area contributed by atoms with E-state index in [1.807, 2.05) is 19.1 Å². The molecule has 90 valence electrons. The molecule has 16 heavy (non-hydrogen) atoms. The van der Waals surface area contributed by atoms with Gasteiger partial charge in [0.15, 0.2) is 0 Å². The third kappa shape index (κ3) is 3.03. The zero-order valence-electron chi connectivity index (χ0n) is 9.97. The molecule has 0 saturated carbocycles. The fourth-order valence-corrected chi connectivity index (χ4v) is 1.80. The molecule has 1 aromatic rings. The van der Waals surface area contributed by atoms with Crippen molar-refractivity contribution in [2.45, 2.75) is 13.5 Å². The van der Waals surface area contributed by atoms with E-state index in [0.717, 1.165) is 35.7 Å². The Balaban J connectivity index is 2.88. The lowest BCUT2D eigenvalue weighted by Crippen LogP contribution is -2.16. The van der Waals surface area contributed by atoms with E-state index in [-0.39, 0.29) is 0 Å². The minimum Gasteiger partial charge on any atom is -0.496 e. The van der Waals surface area contributed by atoms with Crippen molar-refractivity contribution in [2.75, 3.05) is 26.6 Å². The Morgan fingerprint density at radius 3 is 2.56 bits per heavy atom. The number of benzene rings is 1. The summed E-state index contributed by atoms with van der Waals surface area (Å²) in [6.45, 7) is 3.53. The number of hydrogen-bond donors (Lipinski definition) is 1. The number of rotatable bonds is 6. The number of methoxy groups -OCH3 is 2. The van der Waals surface area contributed by atoms with Crippen LogP contribution in [0.15, 0.2) is 12.1 Å². The van der Waals surface area contributed by atoms with Crippen LogP contribution in [-0.2, 0) is 6.54 Å². The Bertz CT molecular complexity index is 342. The van der Waals surface area contributed by atoms with E-state index in [1.54, 1.807) is 14.2 Å². The van der Waals surface area contributed by atoms with Gasteiger partial charge in [0, 0.05) is 30.1 Å². The summed E-state index contributed by atoms with van der Waals surface area (Å²) in [5.41, 5.74) is 2.14. The highest BCUT2D eigenvalue weighted by molar-refractivity contribution is 6.18. The van der Waals surface area contributed by atoms with Crippen LogP contribution < -0.4 is 14.8 Å². The van der Waals surface area contributed by atoms with Crippen molar-refractivity contribution in [3.05, 3.63) is 23.3 Å². The maximum absolute atomic E-state index is 5.61. The second-order valence-electron chi connectivity index (χ2n) is 3.45. The highest BCUT2D eigenvalue weighted by atomic mass is 35.5. The summed E-state index contributed by atoms with van der Waals surface area (Å²) >= 11 is 5.61. The van der Waals surface area contributed by atoms with Gasteiger partial charge in [0.2, 0.25) is 0 Å². The highest BCUT2D eigenvalue weighted by Crippen LogP contribution is 2.30. The van der Waals surface area contributed by atoms with E-state index in [9.17, 15) is 0 Å². The highest BCUT2D eigenvalue weighted by Gasteiger charge is 2.10. The lowest BCUT2D eigenvalue weighted by Gasteiger charge is -2.14. The SMILES string of the molecule is COc1ccc(CNCCCl)c(OC)c1C. The molecule has 1 N–H and O–H groups in total. The first-order valence-electron chi connectivity index (χ1n) is 5.21. The van der Waals surface area contributed by atoms with Crippen LogP contribution in [0.2, 0.25) is 0 Å². The van der Waals surface area contributed by atoms with Crippen molar-refractivity contribution in [1.29, 1.82) is 0 Å². The number of halogens is 1. The first kappa shape index (κ1) is 13.1. The molecule has 3 nitrogen and oxygen atoms in total. The fourth-order valence-electron chi connectivity index (χ4n) is 1.66. The van der Waals surface area contributed by atoms with E-state index in [2.05, 4.69) is 5.32 Å². The van der Waals surface area contributed by atoms with Gasteiger partial charge in [0.25, 0.3) is 0 Å². The van der Waals surface area contributed by atoms with Gasteiger partial charge in [-0.3, -0.25) is 0 Å². The van der Waals surface area contributed by atoms with Crippen LogP contribution >= 0.6 is 11.6 Å². The molecule has 0 aliphatic carbocycles. The predicted molar refractivity (Wildman–Crippen MR) is 66.7 cm³/mol. The van der Waals surface area contributed by atoms with Crippen LogP contribution in [-0.4, -0.2) is 26.6 Å². The van der Waals surface area contributed by atoms with Crippen LogP contribution in [0.25, 0.3) is 0 Å². The zero-order valence-corrected chi connectivity index (χ0v) is 10.7. The van der Waals surface area contributed by atoms with Gasteiger partial charge in [-0.05, 0) is 13.0 Å². The first-order chi connectivity index (χ1) is 7.74. The number of alkyl halides is 1. The van der Waals surface area contributed by atoms with Gasteiger partial charge in [-0.25, -0.2) is 0 Å². The minimum absolute atomic E-state index is 0.609. The van der Waals surface area contributed by atoms with Crippen LogP contribution in [0.1, 0.15) is 11.1 Å². The standard InChI is InChI=1S/C12H18ClNO2/c1-9-11(15-2)5-4-10(12(9)16-3)8-14-7-6-13/h4-5,14H,6-8H2,1-3H3. The van der Waals surface area contributed by atoms with Crippen LogP contribution in [0.5, 0.6) is 11.5 Å². The zero-order chi connectivity index (χ0) is 12.0. The molecule has 0 bridgehead atoms. The molecule has 0 aliphatic rings. The van der Waals surface area contributed by atoms with Crippen molar-refractivity contribution in [3.63, 3.8) is 0 Å². The molecule has 0 aromatic heterocycles. The number of hydrogen-bond acceptors (Lipinski definition) is 3. The third-order valence-corrected chi connectivity index (χ3v) is 2.64. The summed E-state index contributed by atoms with van der Waals surface area (Å²) in [4.78, 5) is 0. The van der Waals surface area contributed by atoms with E-state index in [4.69, 9.17) is 21.1 Å². The van der Waals surface area contributed by atoms with Crippen molar-refractivity contribution in [3.8, 4) is 11.5 Å². The van der Waals surface area contributed by atoms with Gasteiger partial charge in [0.1, 0.15) is 11.5 Å². The average Bonchev–Trinajstić information content (AvgIpc) is 2.30. The third-order valence-electron chi connectivity index (χ3n) is 2.45. The molecule has 0 radical (unpaired) electrons. The Morgan fingerprint density at radius 2 is 2.00 bits per heavy atom. The molecule has 1 aromatic carbocycles. The molecule has 0 fully saturated rings. The molecule has 0 unspecified atom stereocenters. The summed E-state index contributed by atoms with van der Waals surface area (Å²) < 4.78 is 10.6. The number of nitrogens with one attached hydrogen (secondary N) is 1. The molecule has 0 saturated heterocycles. The quantitative estimate of drug-likeness (QED) is 0.615. The maximum Gasteiger partial charge on any atom is 0.129 e. The molecule has 0 heterocycles. The topological polar surface area (TPSA) is 30.5 Å². The smallest absolute Gasteiger partial charge is 0.129 e. The summed E-state index contributed by atoms with van der Waals surface area (Å²) in [7, 11) is 3.33. The number of ether oxygens (including phenoxy) is 2. The van der Waals surface area contributed by atoms with Gasteiger partial charge < -0.3 is 14.8 Å². The summed E-state index contributed by atoms with van der Waals surface area (Å²) in [6.07, 6.45) is 0. The van der Waals surface area contributed by atoms with Crippen molar-refractivity contribution >= 4 is 11.6 Å². The molecule has 0 amide bonds.